The van der Waals surface area contributed by atoms with E-state index in [0.717, 1.165) is 19.3 Å². The van der Waals surface area contributed by atoms with Gasteiger partial charge in [-0.3, -0.25) is 4.79 Å². The van der Waals surface area contributed by atoms with Crippen molar-refractivity contribution in [1.29, 1.82) is 0 Å². The molecule has 1 amide bonds. The summed E-state index contributed by atoms with van der Waals surface area (Å²) in [5.41, 5.74) is 0. The van der Waals surface area contributed by atoms with E-state index in [0.29, 0.717) is 37.8 Å². The molecule has 0 radical (unpaired) electrons. The summed E-state index contributed by atoms with van der Waals surface area (Å²) >= 11 is 0. The summed E-state index contributed by atoms with van der Waals surface area (Å²) in [7, 11) is 3.86. The Bertz CT molecular complexity index is 845. The normalized spacial score (nSPS) is 12.6. The Morgan fingerprint density at radius 1 is 0.667 bits per heavy atom. The Morgan fingerprint density at radius 3 is 1.60 bits per heavy atom. The van der Waals surface area contributed by atoms with Crippen LogP contribution in [0.1, 0.15) is 65.2 Å². The van der Waals surface area contributed by atoms with Gasteiger partial charge in [-0.25, -0.2) is 14.4 Å². The van der Waals surface area contributed by atoms with Gasteiger partial charge in [0.05, 0.1) is 19.8 Å². The van der Waals surface area contributed by atoms with Crippen LogP contribution in [0, 0.1) is 0 Å². The third kappa shape index (κ3) is 21.7. The van der Waals surface area contributed by atoms with Crippen molar-refractivity contribution >= 4 is 41.6 Å². The molecule has 0 saturated carbocycles. The fourth-order valence-electron chi connectivity index (χ4n) is 3.68. The molecule has 0 aromatic carbocycles. The van der Waals surface area contributed by atoms with E-state index in [2.05, 4.69) is 5.32 Å². The number of unbranched alkanes of at least 4 members (excludes halogenated alkanes) is 3. The molecule has 2 atom stereocenters. The minimum absolute atomic E-state index is 0.180. The largest absolute Gasteiger partial charge is 0.500 e. The van der Waals surface area contributed by atoms with Gasteiger partial charge in [0.1, 0.15) is 6.61 Å². The number of rotatable bonds is 27. The van der Waals surface area contributed by atoms with Crippen molar-refractivity contribution in [3.63, 3.8) is 0 Å². The molecule has 0 rings (SSSR count). The van der Waals surface area contributed by atoms with Gasteiger partial charge in [-0.15, -0.1) is 0 Å². The predicted molar refractivity (Wildman–Crippen MR) is 176 cm³/mol. The second kappa shape index (κ2) is 29.7. The lowest BCUT2D eigenvalue weighted by atomic mass is 10.2. The van der Waals surface area contributed by atoms with Crippen LogP contribution in [0.2, 0.25) is 12.1 Å². The quantitative estimate of drug-likeness (QED) is 0.0476. The lowest BCUT2D eigenvalue weighted by Crippen LogP contribution is -2.43. The van der Waals surface area contributed by atoms with Gasteiger partial charge in [-0.05, 0) is 32.1 Å². The van der Waals surface area contributed by atoms with Crippen LogP contribution in [0.3, 0.4) is 0 Å². The van der Waals surface area contributed by atoms with Gasteiger partial charge in [-0.2, -0.15) is 0 Å². The first-order valence-electron chi connectivity index (χ1n) is 16.0. The molecule has 17 nitrogen and oxygen atoms in total. The second-order valence-electron chi connectivity index (χ2n) is 10.1. The molecule has 0 aliphatic rings. The maximum absolute atomic E-state index is 11.6. The minimum Gasteiger partial charge on any atom is -0.464 e. The number of amides is 1. The average Bonchev–Trinajstić information content (AvgIpc) is 3.10. The smallest absolute Gasteiger partial charge is 0.464 e. The highest BCUT2D eigenvalue weighted by Gasteiger charge is 2.37. The lowest BCUT2D eigenvalue weighted by molar-refractivity contribution is -0.161. The number of hydrogen-bond acceptors (Lipinski definition) is 16. The number of nitrogens with one attached hydrogen (secondary N) is 1. The van der Waals surface area contributed by atoms with Gasteiger partial charge in [0.25, 0.3) is 0 Å². The molecule has 284 valence electrons. The molecule has 0 saturated heterocycles. The summed E-state index contributed by atoms with van der Waals surface area (Å²) in [5, 5.41) is 21.2. The fraction of sp³-hybridized carbons (Fsp3) is 0.862. The van der Waals surface area contributed by atoms with Crippen LogP contribution >= 0.6 is 0 Å². The summed E-state index contributed by atoms with van der Waals surface area (Å²) in [4.78, 5) is 46.3. The summed E-state index contributed by atoms with van der Waals surface area (Å²) in [6, 6.07) is 1.11. The van der Waals surface area contributed by atoms with E-state index in [1.165, 1.54) is 42.7 Å². The first kappa shape index (κ1) is 47.9. The number of aliphatic hydroxyl groups is 2. The lowest BCUT2D eigenvalue weighted by Gasteiger charge is -2.24. The SMILES string of the molecule is CCCCOC(=O)C(CO)OC(=O)NCCC[Si](OC)(OC)OC.CCCCOC(=O)C(O)COC(=O)CCCC[Si](OC)(OC)OC. The standard InChI is InChI=1S/C15H30O8Si.C14H29NO8Si/c1-5-6-10-22-15(18)13(16)12-23-14(17)9-7-8-11-24(19-2,20-3)21-4;1-5-6-9-22-13(17)12(11-16)23-14(18)15-8-7-10-24(19-2,20-3)21-4/h13,16H,5-12H2,1-4H3;12,16H,5-11H2,1-4H3,(H,15,18). The van der Waals surface area contributed by atoms with Crippen LogP contribution in [-0.4, -0.2) is 140 Å². The Hall–Kier alpha value is -2.21. The maximum atomic E-state index is 11.6. The number of carbonyl (C=O) groups is 4. The van der Waals surface area contributed by atoms with Crippen LogP contribution < -0.4 is 5.32 Å². The maximum Gasteiger partial charge on any atom is 0.500 e. The number of aliphatic hydroxyl groups excluding tert-OH is 2. The van der Waals surface area contributed by atoms with Crippen LogP contribution in [0.5, 0.6) is 0 Å². The summed E-state index contributed by atoms with van der Waals surface area (Å²) in [6.07, 6.45) is 1.59. The zero-order chi connectivity index (χ0) is 36.8. The summed E-state index contributed by atoms with van der Waals surface area (Å²) in [6.45, 7) is 3.66. The highest BCUT2D eigenvalue weighted by atomic mass is 28.4. The van der Waals surface area contributed by atoms with E-state index < -0.39 is 67.0 Å². The van der Waals surface area contributed by atoms with E-state index in [4.69, 9.17) is 50.6 Å². The van der Waals surface area contributed by atoms with Crippen molar-refractivity contribution in [2.45, 2.75) is 89.5 Å². The molecule has 0 aliphatic heterocycles. The van der Waals surface area contributed by atoms with Crippen LogP contribution in [0.15, 0.2) is 0 Å². The van der Waals surface area contributed by atoms with E-state index in [9.17, 15) is 24.3 Å². The zero-order valence-electron chi connectivity index (χ0n) is 29.9. The number of carbonyl (C=O) groups excluding carboxylic acids is 4. The Balaban J connectivity index is 0. The van der Waals surface area contributed by atoms with Crippen molar-refractivity contribution in [3.8, 4) is 0 Å². The fourth-order valence-corrected chi connectivity index (χ4v) is 7.20. The molecule has 0 aliphatic carbocycles. The van der Waals surface area contributed by atoms with Crippen molar-refractivity contribution < 1.29 is 74.9 Å². The first-order chi connectivity index (χ1) is 22.9. The predicted octanol–water partition coefficient (Wildman–Crippen LogP) is 1.97. The van der Waals surface area contributed by atoms with Gasteiger partial charge in [0.2, 0.25) is 6.10 Å². The van der Waals surface area contributed by atoms with Crippen molar-refractivity contribution in [1.82, 2.24) is 5.32 Å². The van der Waals surface area contributed by atoms with Crippen molar-refractivity contribution in [2.24, 2.45) is 0 Å². The monoisotopic (exact) mass is 733 g/mol. The molecule has 0 spiro atoms. The van der Waals surface area contributed by atoms with Crippen LogP contribution in [0.25, 0.3) is 0 Å². The average molecular weight is 734 g/mol. The molecular formula is C29H59NO16Si2. The third-order valence-electron chi connectivity index (χ3n) is 6.75. The van der Waals surface area contributed by atoms with Crippen LogP contribution in [-0.2, 0) is 59.9 Å². The number of esters is 3. The first-order valence-corrected chi connectivity index (χ1v) is 19.8. The Kier molecular flexibility index (Phi) is 29.6. The highest BCUT2D eigenvalue weighted by molar-refractivity contribution is 6.60. The van der Waals surface area contributed by atoms with E-state index in [1.54, 1.807) is 0 Å². The molecule has 0 bridgehead atoms. The number of alkyl carbamates (subject to hydrolysis) is 1. The molecule has 19 heteroatoms. The van der Waals surface area contributed by atoms with Gasteiger partial charge < -0.3 is 61.0 Å². The van der Waals surface area contributed by atoms with E-state index in [1.807, 2.05) is 13.8 Å². The summed E-state index contributed by atoms with van der Waals surface area (Å²) < 4.78 is 51.1. The second-order valence-corrected chi connectivity index (χ2v) is 16.3. The van der Waals surface area contributed by atoms with Gasteiger partial charge >= 0.3 is 41.6 Å². The topological polar surface area (TPSA) is 213 Å². The number of hydrogen-bond donors (Lipinski definition) is 3. The molecule has 2 unspecified atom stereocenters. The molecule has 0 aromatic heterocycles. The summed E-state index contributed by atoms with van der Waals surface area (Å²) in [5.74, 6) is -2.01. The van der Waals surface area contributed by atoms with E-state index in [-0.39, 0.29) is 26.2 Å². The molecule has 0 fully saturated rings. The molecule has 48 heavy (non-hydrogen) atoms. The third-order valence-corrected chi connectivity index (χ3v) is 12.4. The van der Waals surface area contributed by atoms with Crippen LogP contribution in [0.4, 0.5) is 4.79 Å². The van der Waals surface area contributed by atoms with E-state index >= 15 is 0 Å². The highest BCUT2D eigenvalue weighted by Crippen LogP contribution is 2.17. The molecule has 0 heterocycles. The van der Waals surface area contributed by atoms with Gasteiger partial charge in [-0.1, -0.05) is 26.7 Å². The van der Waals surface area contributed by atoms with Gasteiger partial charge in [0.15, 0.2) is 6.10 Å². The Labute approximate surface area is 286 Å². The minimum atomic E-state index is -2.67. The van der Waals surface area contributed by atoms with Crippen molar-refractivity contribution in [3.05, 3.63) is 0 Å². The van der Waals surface area contributed by atoms with Crippen molar-refractivity contribution in [2.75, 3.05) is 75.6 Å². The number of ether oxygens (including phenoxy) is 4. The molecule has 3 N–H and O–H groups in total. The van der Waals surface area contributed by atoms with Gasteiger partial charge in [0, 0.05) is 67.7 Å². The Morgan fingerprint density at radius 2 is 1.15 bits per heavy atom. The molecular weight excluding hydrogens is 674 g/mol. The molecule has 0 aromatic rings. The zero-order valence-corrected chi connectivity index (χ0v) is 31.9.